The lowest BCUT2D eigenvalue weighted by atomic mass is 10.2. The van der Waals surface area contributed by atoms with Crippen LogP contribution in [0.5, 0.6) is 0 Å². The van der Waals surface area contributed by atoms with E-state index in [0.717, 1.165) is 5.56 Å². The number of hydrogen-bond acceptors (Lipinski definition) is 4. The maximum Gasteiger partial charge on any atom is 0.272 e. The van der Waals surface area contributed by atoms with Crippen molar-refractivity contribution in [2.24, 2.45) is 5.10 Å². The molecular formula is C14H12ClN3O2. The Balaban J connectivity index is 1.95. The van der Waals surface area contributed by atoms with Crippen molar-refractivity contribution >= 4 is 23.7 Å². The van der Waals surface area contributed by atoms with E-state index in [1.807, 2.05) is 0 Å². The van der Waals surface area contributed by atoms with Crippen molar-refractivity contribution in [1.29, 1.82) is 0 Å². The highest BCUT2D eigenvalue weighted by Crippen LogP contribution is 2.07. The summed E-state index contributed by atoms with van der Waals surface area (Å²) in [5, 5.41) is 13.3. The number of carbonyl (C=O) groups excluding carboxylic acids is 1. The maximum absolute atomic E-state index is 11.7. The standard InChI is InChI=1S/C14H12ClN3O2/c15-12-4-1-10(2-5-12)7-17-18-14(20)11-3-6-13(9-19)16-8-11/h1-8,19H,9H2,(H,18,20). The summed E-state index contributed by atoms with van der Waals surface area (Å²) in [6.45, 7) is -0.156. The van der Waals surface area contributed by atoms with Crippen molar-refractivity contribution < 1.29 is 9.90 Å². The Morgan fingerprint density at radius 2 is 2.05 bits per heavy atom. The third-order valence-corrected chi connectivity index (χ3v) is 2.75. The summed E-state index contributed by atoms with van der Waals surface area (Å²) in [6, 6.07) is 10.2. The minimum atomic E-state index is -0.368. The molecule has 1 aromatic carbocycles. The quantitative estimate of drug-likeness (QED) is 0.668. The Hall–Kier alpha value is -2.24. The van der Waals surface area contributed by atoms with Crippen LogP contribution in [0.1, 0.15) is 21.6 Å². The van der Waals surface area contributed by atoms with Gasteiger partial charge in [-0.1, -0.05) is 23.7 Å². The Morgan fingerprint density at radius 1 is 1.30 bits per heavy atom. The summed E-state index contributed by atoms with van der Waals surface area (Å²) in [5.41, 5.74) is 4.09. The molecule has 0 fully saturated rings. The summed E-state index contributed by atoms with van der Waals surface area (Å²) in [7, 11) is 0. The van der Waals surface area contributed by atoms with Crippen molar-refractivity contribution in [1.82, 2.24) is 10.4 Å². The molecule has 1 heterocycles. The Morgan fingerprint density at radius 3 is 2.65 bits per heavy atom. The van der Waals surface area contributed by atoms with E-state index in [-0.39, 0.29) is 12.5 Å². The molecule has 0 spiro atoms. The van der Waals surface area contributed by atoms with Crippen LogP contribution in [0.15, 0.2) is 47.7 Å². The van der Waals surface area contributed by atoms with Crippen LogP contribution >= 0.6 is 11.6 Å². The minimum Gasteiger partial charge on any atom is -0.390 e. The number of amides is 1. The first kappa shape index (κ1) is 14.2. The number of hydrazone groups is 1. The van der Waals surface area contributed by atoms with Crippen molar-refractivity contribution in [3.05, 3.63) is 64.4 Å². The van der Waals surface area contributed by atoms with Crippen LogP contribution in [0.25, 0.3) is 0 Å². The number of halogens is 1. The summed E-state index contributed by atoms with van der Waals surface area (Å²) < 4.78 is 0. The molecule has 0 aliphatic rings. The zero-order chi connectivity index (χ0) is 14.4. The van der Waals surface area contributed by atoms with Crippen molar-refractivity contribution in [3.63, 3.8) is 0 Å². The molecule has 0 aliphatic heterocycles. The van der Waals surface area contributed by atoms with Crippen LogP contribution in [0.4, 0.5) is 0 Å². The summed E-state index contributed by atoms with van der Waals surface area (Å²) >= 11 is 5.76. The molecular weight excluding hydrogens is 278 g/mol. The van der Waals surface area contributed by atoms with Gasteiger partial charge in [-0.25, -0.2) is 5.43 Å². The van der Waals surface area contributed by atoms with Gasteiger partial charge in [-0.3, -0.25) is 9.78 Å². The summed E-state index contributed by atoms with van der Waals surface area (Å²) in [6.07, 6.45) is 2.91. The van der Waals surface area contributed by atoms with Gasteiger partial charge >= 0.3 is 0 Å². The van der Waals surface area contributed by atoms with Crippen molar-refractivity contribution in [2.75, 3.05) is 0 Å². The zero-order valence-electron chi connectivity index (χ0n) is 10.5. The first-order valence-electron chi connectivity index (χ1n) is 5.84. The molecule has 2 N–H and O–H groups in total. The molecule has 0 aliphatic carbocycles. The predicted molar refractivity (Wildman–Crippen MR) is 76.7 cm³/mol. The van der Waals surface area contributed by atoms with Gasteiger partial charge in [-0.15, -0.1) is 0 Å². The van der Waals surface area contributed by atoms with E-state index in [1.165, 1.54) is 12.4 Å². The number of benzene rings is 1. The number of nitrogens with one attached hydrogen (secondary N) is 1. The Kier molecular flexibility index (Phi) is 4.81. The van der Waals surface area contributed by atoms with Crippen LogP contribution in [0, 0.1) is 0 Å². The second kappa shape index (κ2) is 6.79. The average Bonchev–Trinajstić information content (AvgIpc) is 2.49. The van der Waals surface area contributed by atoms with E-state index in [0.29, 0.717) is 16.3 Å². The number of nitrogens with zero attached hydrogens (tertiary/aromatic N) is 2. The fourth-order valence-corrected chi connectivity index (χ4v) is 1.56. The van der Waals surface area contributed by atoms with Gasteiger partial charge in [-0.05, 0) is 29.8 Å². The van der Waals surface area contributed by atoms with Gasteiger partial charge in [0, 0.05) is 11.2 Å². The second-order valence-corrected chi connectivity index (χ2v) is 4.38. The summed E-state index contributed by atoms with van der Waals surface area (Å²) in [5.74, 6) is -0.368. The van der Waals surface area contributed by atoms with Gasteiger partial charge in [0.1, 0.15) is 0 Å². The first-order chi connectivity index (χ1) is 9.69. The largest absolute Gasteiger partial charge is 0.390 e. The highest BCUT2D eigenvalue weighted by molar-refractivity contribution is 6.30. The van der Waals surface area contributed by atoms with E-state index in [4.69, 9.17) is 16.7 Å². The summed E-state index contributed by atoms with van der Waals surface area (Å²) in [4.78, 5) is 15.7. The number of aliphatic hydroxyl groups is 1. The number of rotatable bonds is 4. The van der Waals surface area contributed by atoms with E-state index in [2.05, 4.69) is 15.5 Å². The highest BCUT2D eigenvalue weighted by atomic mass is 35.5. The van der Waals surface area contributed by atoms with E-state index in [1.54, 1.807) is 36.4 Å². The van der Waals surface area contributed by atoms with Crippen LogP contribution in [0.3, 0.4) is 0 Å². The second-order valence-electron chi connectivity index (χ2n) is 3.95. The monoisotopic (exact) mass is 289 g/mol. The molecule has 1 aromatic heterocycles. The van der Waals surface area contributed by atoms with Gasteiger partial charge in [0.05, 0.1) is 24.1 Å². The topological polar surface area (TPSA) is 74.6 Å². The maximum atomic E-state index is 11.7. The molecule has 0 radical (unpaired) electrons. The lowest BCUT2D eigenvalue weighted by Gasteiger charge is -2.00. The Bertz CT molecular complexity index is 609. The predicted octanol–water partition coefficient (Wildman–Crippen LogP) is 1.99. The van der Waals surface area contributed by atoms with Crippen LogP contribution in [-0.4, -0.2) is 22.2 Å². The SMILES string of the molecule is O=C(NN=Cc1ccc(Cl)cc1)c1ccc(CO)nc1. The zero-order valence-corrected chi connectivity index (χ0v) is 11.2. The molecule has 6 heteroatoms. The molecule has 2 aromatic rings. The average molecular weight is 290 g/mol. The van der Waals surface area contributed by atoms with Gasteiger partial charge < -0.3 is 5.11 Å². The van der Waals surface area contributed by atoms with E-state index < -0.39 is 0 Å². The lowest BCUT2D eigenvalue weighted by molar-refractivity contribution is 0.0954. The molecule has 0 saturated heterocycles. The number of carbonyl (C=O) groups is 1. The molecule has 0 saturated carbocycles. The Labute approximate surface area is 120 Å². The van der Waals surface area contributed by atoms with Crippen molar-refractivity contribution in [2.45, 2.75) is 6.61 Å². The van der Waals surface area contributed by atoms with Crippen LogP contribution in [0.2, 0.25) is 5.02 Å². The molecule has 5 nitrogen and oxygen atoms in total. The van der Waals surface area contributed by atoms with Gasteiger partial charge in [-0.2, -0.15) is 5.10 Å². The molecule has 2 rings (SSSR count). The van der Waals surface area contributed by atoms with Gasteiger partial charge in [0.15, 0.2) is 0 Å². The number of aliphatic hydroxyl groups excluding tert-OH is 1. The van der Waals surface area contributed by atoms with E-state index in [9.17, 15) is 4.79 Å². The van der Waals surface area contributed by atoms with Crippen LogP contribution in [-0.2, 0) is 6.61 Å². The smallest absolute Gasteiger partial charge is 0.272 e. The first-order valence-corrected chi connectivity index (χ1v) is 6.21. The molecule has 0 atom stereocenters. The highest BCUT2D eigenvalue weighted by Gasteiger charge is 2.04. The molecule has 20 heavy (non-hydrogen) atoms. The molecule has 102 valence electrons. The van der Waals surface area contributed by atoms with Gasteiger partial charge in [0.25, 0.3) is 5.91 Å². The molecule has 0 bridgehead atoms. The van der Waals surface area contributed by atoms with Gasteiger partial charge in [0.2, 0.25) is 0 Å². The van der Waals surface area contributed by atoms with Crippen molar-refractivity contribution in [3.8, 4) is 0 Å². The third-order valence-electron chi connectivity index (χ3n) is 2.50. The molecule has 0 unspecified atom stereocenters. The normalized spacial score (nSPS) is 10.7. The fraction of sp³-hybridized carbons (Fsp3) is 0.0714. The lowest BCUT2D eigenvalue weighted by Crippen LogP contribution is -2.17. The fourth-order valence-electron chi connectivity index (χ4n) is 1.43. The van der Waals surface area contributed by atoms with Crippen LogP contribution < -0.4 is 5.43 Å². The number of hydrogen-bond donors (Lipinski definition) is 2. The number of aromatic nitrogens is 1. The number of pyridine rings is 1. The third kappa shape index (κ3) is 3.88. The minimum absolute atomic E-state index is 0.156. The molecule has 1 amide bonds. The van der Waals surface area contributed by atoms with E-state index >= 15 is 0 Å².